The Morgan fingerprint density at radius 2 is 2.11 bits per heavy atom. The van der Waals surface area contributed by atoms with Crippen molar-refractivity contribution in [3.63, 3.8) is 0 Å². The average Bonchev–Trinajstić information content (AvgIpc) is 2.85. The zero-order valence-corrected chi connectivity index (χ0v) is 12.3. The molecule has 2 aromatic heterocycles. The molecule has 1 N–H and O–H groups in total. The molecule has 0 fully saturated rings. The van der Waals surface area contributed by atoms with Gasteiger partial charge in [0.15, 0.2) is 0 Å². The Kier molecular flexibility index (Phi) is 3.90. The summed E-state index contributed by atoms with van der Waals surface area (Å²) in [5, 5.41) is 7.71. The van der Waals surface area contributed by atoms with Crippen molar-refractivity contribution in [1.82, 2.24) is 24.6 Å². The molecule has 0 radical (unpaired) electrons. The number of anilines is 1. The SMILES string of the molecule is CNCc1c(C)nn(C)c1N(C)Cc1nccn1C. The Hall–Kier alpha value is -1.82. The maximum atomic E-state index is 4.51. The molecule has 6 nitrogen and oxygen atoms in total. The molecular weight excluding hydrogens is 240 g/mol. The van der Waals surface area contributed by atoms with E-state index in [2.05, 4.69) is 27.3 Å². The molecule has 0 saturated carbocycles. The molecule has 104 valence electrons. The van der Waals surface area contributed by atoms with E-state index in [1.165, 1.54) is 5.56 Å². The fourth-order valence-electron chi connectivity index (χ4n) is 2.39. The summed E-state index contributed by atoms with van der Waals surface area (Å²) in [4.78, 5) is 6.56. The third kappa shape index (κ3) is 2.63. The number of nitrogens with zero attached hydrogens (tertiary/aromatic N) is 5. The highest BCUT2D eigenvalue weighted by Crippen LogP contribution is 2.23. The molecule has 0 aliphatic carbocycles. The van der Waals surface area contributed by atoms with Gasteiger partial charge in [0.1, 0.15) is 11.6 Å². The zero-order valence-electron chi connectivity index (χ0n) is 12.3. The lowest BCUT2D eigenvalue weighted by molar-refractivity contribution is 0.697. The van der Waals surface area contributed by atoms with Gasteiger partial charge in [-0.15, -0.1) is 0 Å². The first-order valence-electron chi connectivity index (χ1n) is 6.39. The lowest BCUT2D eigenvalue weighted by atomic mass is 10.2. The third-order valence-corrected chi connectivity index (χ3v) is 3.33. The molecule has 2 aromatic rings. The van der Waals surface area contributed by atoms with Crippen molar-refractivity contribution in [2.75, 3.05) is 19.0 Å². The molecule has 19 heavy (non-hydrogen) atoms. The molecule has 0 saturated heterocycles. The Labute approximate surface area is 114 Å². The topological polar surface area (TPSA) is 50.9 Å². The number of imidazole rings is 1. The quantitative estimate of drug-likeness (QED) is 0.866. The van der Waals surface area contributed by atoms with E-state index in [1.54, 1.807) is 0 Å². The predicted molar refractivity (Wildman–Crippen MR) is 76.0 cm³/mol. The maximum absolute atomic E-state index is 4.51. The molecule has 2 rings (SSSR count). The van der Waals surface area contributed by atoms with Crippen LogP contribution in [0.5, 0.6) is 0 Å². The average molecular weight is 262 g/mol. The molecule has 0 aromatic carbocycles. The lowest BCUT2D eigenvalue weighted by Gasteiger charge is -2.20. The summed E-state index contributed by atoms with van der Waals surface area (Å²) in [6.07, 6.45) is 3.79. The largest absolute Gasteiger partial charge is 0.352 e. The van der Waals surface area contributed by atoms with Crippen molar-refractivity contribution in [3.8, 4) is 0 Å². The van der Waals surface area contributed by atoms with E-state index in [-0.39, 0.29) is 0 Å². The van der Waals surface area contributed by atoms with Gasteiger partial charge < -0.3 is 14.8 Å². The summed E-state index contributed by atoms with van der Waals surface area (Å²) in [6.45, 7) is 3.63. The summed E-state index contributed by atoms with van der Waals surface area (Å²) in [7, 11) is 8.02. The first-order valence-corrected chi connectivity index (χ1v) is 6.39. The zero-order chi connectivity index (χ0) is 14.0. The van der Waals surface area contributed by atoms with Crippen LogP contribution in [0.1, 0.15) is 17.1 Å². The van der Waals surface area contributed by atoms with Crippen molar-refractivity contribution in [3.05, 3.63) is 29.5 Å². The fourth-order valence-corrected chi connectivity index (χ4v) is 2.39. The number of nitrogens with one attached hydrogen (secondary N) is 1. The van der Waals surface area contributed by atoms with Gasteiger partial charge in [-0.1, -0.05) is 0 Å². The molecular formula is C13H22N6. The minimum atomic E-state index is 0.763. The van der Waals surface area contributed by atoms with E-state index in [0.29, 0.717) is 0 Å². The van der Waals surface area contributed by atoms with Crippen LogP contribution in [0.15, 0.2) is 12.4 Å². The van der Waals surface area contributed by atoms with E-state index in [4.69, 9.17) is 0 Å². The highest BCUT2D eigenvalue weighted by atomic mass is 15.4. The van der Waals surface area contributed by atoms with E-state index in [9.17, 15) is 0 Å². The molecule has 0 aliphatic heterocycles. The van der Waals surface area contributed by atoms with Gasteiger partial charge in [-0.25, -0.2) is 4.98 Å². The smallest absolute Gasteiger partial charge is 0.131 e. The second kappa shape index (κ2) is 5.44. The van der Waals surface area contributed by atoms with Crippen LogP contribution in [0.25, 0.3) is 0 Å². The first kappa shape index (κ1) is 13.6. The van der Waals surface area contributed by atoms with E-state index < -0.39 is 0 Å². The van der Waals surface area contributed by atoms with Gasteiger partial charge in [0.2, 0.25) is 0 Å². The minimum absolute atomic E-state index is 0.763. The summed E-state index contributed by atoms with van der Waals surface area (Å²) < 4.78 is 3.97. The number of aromatic nitrogens is 4. The molecule has 0 amide bonds. The molecule has 0 unspecified atom stereocenters. The van der Waals surface area contributed by atoms with Gasteiger partial charge in [-0.2, -0.15) is 5.10 Å². The monoisotopic (exact) mass is 262 g/mol. The molecule has 0 bridgehead atoms. The Morgan fingerprint density at radius 1 is 1.37 bits per heavy atom. The number of hydrogen-bond donors (Lipinski definition) is 1. The summed E-state index contributed by atoms with van der Waals surface area (Å²) in [5.74, 6) is 2.17. The Bertz CT molecular complexity index is 553. The normalized spacial score (nSPS) is 11.0. The van der Waals surface area contributed by atoms with Crippen molar-refractivity contribution in [2.24, 2.45) is 14.1 Å². The van der Waals surface area contributed by atoms with Gasteiger partial charge in [0.25, 0.3) is 0 Å². The molecule has 2 heterocycles. The number of hydrogen-bond acceptors (Lipinski definition) is 4. The van der Waals surface area contributed by atoms with Crippen molar-refractivity contribution < 1.29 is 0 Å². The second-order valence-corrected chi connectivity index (χ2v) is 4.85. The van der Waals surface area contributed by atoms with Crippen molar-refractivity contribution >= 4 is 5.82 Å². The van der Waals surface area contributed by atoms with Crippen LogP contribution in [0, 0.1) is 6.92 Å². The number of aryl methyl sites for hydroxylation is 3. The summed E-state index contributed by atoms with van der Waals surface area (Å²) in [5.41, 5.74) is 2.31. The third-order valence-electron chi connectivity index (χ3n) is 3.33. The highest BCUT2D eigenvalue weighted by Gasteiger charge is 2.17. The highest BCUT2D eigenvalue weighted by molar-refractivity contribution is 5.49. The summed E-state index contributed by atoms with van der Waals surface area (Å²) >= 11 is 0. The van der Waals surface area contributed by atoms with E-state index >= 15 is 0 Å². The van der Waals surface area contributed by atoms with E-state index in [0.717, 1.165) is 30.4 Å². The van der Waals surface area contributed by atoms with Crippen LogP contribution in [-0.2, 0) is 27.2 Å². The van der Waals surface area contributed by atoms with Gasteiger partial charge in [0, 0.05) is 45.6 Å². The maximum Gasteiger partial charge on any atom is 0.131 e. The molecule has 0 atom stereocenters. The second-order valence-electron chi connectivity index (χ2n) is 4.85. The van der Waals surface area contributed by atoms with Crippen LogP contribution in [0.3, 0.4) is 0 Å². The molecule has 0 aliphatic rings. The van der Waals surface area contributed by atoms with Gasteiger partial charge in [0.05, 0.1) is 12.2 Å². The van der Waals surface area contributed by atoms with Crippen molar-refractivity contribution in [1.29, 1.82) is 0 Å². The van der Waals surface area contributed by atoms with Crippen LogP contribution >= 0.6 is 0 Å². The van der Waals surface area contributed by atoms with Crippen LogP contribution in [0.2, 0.25) is 0 Å². The van der Waals surface area contributed by atoms with Crippen molar-refractivity contribution in [2.45, 2.75) is 20.0 Å². The van der Waals surface area contributed by atoms with E-state index in [1.807, 2.05) is 49.7 Å². The Morgan fingerprint density at radius 3 is 2.68 bits per heavy atom. The predicted octanol–water partition coefficient (Wildman–Crippen LogP) is 0.818. The molecule has 0 spiro atoms. The minimum Gasteiger partial charge on any atom is -0.352 e. The van der Waals surface area contributed by atoms with Crippen LogP contribution in [0.4, 0.5) is 5.82 Å². The summed E-state index contributed by atoms with van der Waals surface area (Å²) in [6, 6.07) is 0. The van der Waals surface area contributed by atoms with Crippen LogP contribution in [-0.4, -0.2) is 33.4 Å². The van der Waals surface area contributed by atoms with Crippen LogP contribution < -0.4 is 10.2 Å². The Balaban J connectivity index is 2.28. The number of rotatable bonds is 5. The van der Waals surface area contributed by atoms with Gasteiger partial charge in [-0.05, 0) is 14.0 Å². The van der Waals surface area contributed by atoms with Gasteiger partial charge in [-0.3, -0.25) is 4.68 Å². The lowest BCUT2D eigenvalue weighted by Crippen LogP contribution is -2.23. The van der Waals surface area contributed by atoms with Gasteiger partial charge >= 0.3 is 0 Å². The molecule has 6 heteroatoms. The fraction of sp³-hybridized carbons (Fsp3) is 0.538. The standard InChI is InChI=1S/C13H22N6/c1-10-11(8-14-2)13(19(5)16-10)18(4)9-12-15-6-7-17(12)3/h6-7,14H,8-9H2,1-5H3. The first-order chi connectivity index (χ1) is 9.04.